The van der Waals surface area contributed by atoms with Gasteiger partial charge in [-0.1, -0.05) is 74.5 Å². The smallest absolute Gasteiger partial charge is 0.0682 e. The van der Waals surface area contributed by atoms with Crippen LogP contribution in [0.2, 0.25) is 0 Å². The Hall–Kier alpha value is -4.17. The highest BCUT2D eigenvalue weighted by atomic mass is 15.0. The third-order valence-corrected chi connectivity index (χ3v) is 8.22. The second-order valence-corrected chi connectivity index (χ2v) is 10.4. The van der Waals surface area contributed by atoms with E-state index in [9.17, 15) is 0 Å². The minimum absolute atomic E-state index is 0.000229. The van der Waals surface area contributed by atoms with Gasteiger partial charge in [-0.05, 0) is 63.5 Å². The molecule has 1 aromatic heterocycles. The molecule has 2 nitrogen and oxygen atoms in total. The van der Waals surface area contributed by atoms with Gasteiger partial charge in [0.05, 0.1) is 16.7 Å². The van der Waals surface area contributed by atoms with Crippen LogP contribution in [0.5, 0.6) is 0 Å². The topological polar surface area (TPSA) is 17.3 Å². The highest BCUT2D eigenvalue weighted by Crippen LogP contribution is 2.50. The molecule has 0 bridgehead atoms. The molecule has 0 saturated heterocycles. The van der Waals surface area contributed by atoms with Gasteiger partial charge in [0.15, 0.2) is 0 Å². The van der Waals surface area contributed by atoms with Crippen LogP contribution in [-0.4, -0.2) is 10.8 Å². The first-order chi connectivity index (χ1) is 17.1. The van der Waals surface area contributed by atoms with Crippen LogP contribution in [0.1, 0.15) is 30.5 Å². The van der Waals surface area contributed by atoms with Crippen LogP contribution >= 0.6 is 0 Å². The second-order valence-electron chi connectivity index (χ2n) is 10.4. The molecule has 0 atom stereocenters. The van der Waals surface area contributed by atoms with E-state index in [2.05, 4.69) is 114 Å². The van der Waals surface area contributed by atoms with E-state index in [4.69, 9.17) is 0 Å². The molecule has 35 heavy (non-hydrogen) atoms. The molecule has 8 rings (SSSR count). The Labute approximate surface area is 204 Å². The average Bonchev–Trinajstić information content (AvgIpc) is 3.55. The summed E-state index contributed by atoms with van der Waals surface area (Å²) in [6.07, 6.45) is 2.94. The van der Waals surface area contributed by atoms with Gasteiger partial charge in [-0.2, -0.15) is 0 Å². The van der Waals surface area contributed by atoms with Gasteiger partial charge in [0.25, 0.3) is 0 Å². The van der Waals surface area contributed by atoms with E-state index in [1.165, 1.54) is 66.1 Å². The molecular formula is C33H24N2. The van der Waals surface area contributed by atoms with Crippen LogP contribution in [0.4, 0.5) is 5.69 Å². The van der Waals surface area contributed by atoms with Gasteiger partial charge in [-0.25, -0.2) is 0 Å². The molecule has 0 N–H and O–H groups in total. The molecule has 6 aromatic rings. The maximum atomic E-state index is 4.64. The summed E-state index contributed by atoms with van der Waals surface area (Å²) in [5.41, 5.74) is 11.6. The third-order valence-electron chi connectivity index (χ3n) is 8.22. The van der Waals surface area contributed by atoms with Crippen LogP contribution in [0.25, 0.3) is 49.4 Å². The van der Waals surface area contributed by atoms with E-state index >= 15 is 0 Å². The fourth-order valence-electron chi connectivity index (χ4n) is 6.47. The van der Waals surface area contributed by atoms with Crippen molar-refractivity contribution in [1.82, 2.24) is 4.57 Å². The first kappa shape index (κ1) is 19.2. The first-order valence-corrected chi connectivity index (χ1v) is 12.4. The Bertz CT molecular complexity index is 1900. The zero-order chi connectivity index (χ0) is 23.3. The molecule has 0 unspecified atom stereocenters. The highest BCUT2D eigenvalue weighted by molar-refractivity contribution is 6.19. The number of aromatic nitrogens is 1. The van der Waals surface area contributed by atoms with E-state index in [1.54, 1.807) is 0 Å². The van der Waals surface area contributed by atoms with E-state index < -0.39 is 0 Å². The number of rotatable bonds is 1. The molecular weight excluding hydrogens is 424 g/mol. The van der Waals surface area contributed by atoms with E-state index in [-0.39, 0.29) is 5.41 Å². The molecule has 2 heterocycles. The highest BCUT2D eigenvalue weighted by Gasteiger charge is 2.35. The lowest BCUT2D eigenvalue weighted by molar-refractivity contribution is 0.661. The second kappa shape index (κ2) is 6.49. The Morgan fingerprint density at radius 1 is 0.714 bits per heavy atom. The van der Waals surface area contributed by atoms with Crippen LogP contribution in [-0.2, 0) is 11.8 Å². The van der Waals surface area contributed by atoms with Crippen LogP contribution in [0.3, 0.4) is 0 Å². The number of nitrogens with zero attached hydrogens (tertiary/aromatic N) is 2. The zero-order valence-corrected chi connectivity index (χ0v) is 19.8. The Morgan fingerprint density at radius 2 is 1.57 bits per heavy atom. The Kier molecular flexibility index (Phi) is 3.55. The Morgan fingerprint density at radius 3 is 2.51 bits per heavy atom. The molecule has 0 spiro atoms. The first-order valence-electron chi connectivity index (χ1n) is 12.4. The fraction of sp³-hybridized carbons (Fsp3) is 0.121. The van der Waals surface area contributed by atoms with Gasteiger partial charge in [0.1, 0.15) is 0 Å². The molecule has 0 fully saturated rings. The lowest BCUT2D eigenvalue weighted by Gasteiger charge is -2.21. The predicted molar refractivity (Wildman–Crippen MR) is 148 cm³/mol. The van der Waals surface area contributed by atoms with Crippen molar-refractivity contribution in [2.75, 3.05) is 0 Å². The summed E-state index contributed by atoms with van der Waals surface area (Å²) in [4.78, 5) is 4.64. The number of fused-ring (bicyclic) bond motifs is 9. The molecule has 5 aromatic carbocycles. The van der Waals surface area contributed by atoms with Crippen LogP contribution in [0.15, 0.2) is 96.0 Å². The summed E-state index contributed by atoms with van der Waals surface area (Å²) in [5, 5.41) is 5.17. The van der Waals surface area contributed by atoms with Gasteiger partial charge < -0.3 is 4.57 Å². The molecule has 0 radical (unpaired) electrons. The van der Waals surface area contributed by atoms with E-state index in [0.717, 1.165) is 12.1 Å². The number of benzene rings is 5. The molecule has 2 aliphatic rings. The normalized spacial score (nSPS) is 15.1. The van der Waals surface area contributed by atoms with Crippen molar-refractivity contribution in [2.24, 2.45) is 4.99 Å². The summed E-state index contributed by atoms with van der Waals surface area (Å²) in [5.74, 6) is 0. The van der Waals surface area contributed by atoms with Gasteiger partial charge in [-0.3, -0.25) is 4.99 Å². The third kappa shape index (κ3) is 2.41. The van der Waals surface area contributed by atoms with Crippen molar-refractivity contribution in [3.63, 3.8) is 0 Å². The molecule has 1 aliphatic heterocycles. The lowest BCUT2D eigenvalue weighted by atomic mass is 9.82. The number of hydrogen-bond acceptors (Lipinski definition) is 1. The van der Waals surface area contributed by atoms with Gasteiger partial charge in [-0.15, -0.1) is 0 Å². The monoisotopic (exact) mass is 448 g/mol. The predicted octanol–water partition coefficient (Wildman–Crippen LogP) is 8.50. The van der Waals surface area contributed by atoms with E-state index in [0.29, 0.717) is 0 Å². The van der Waals surface area contributed by atoms with E-state index in [1.807, 2.05) is 6.21 Å². The summed E-state index contributed by atoms with van der Waals surface area (Å²) in [6.45, 7) is 4.70. The SMILES string of the molecule is CC1(C)c2ccccc2-c2cc3c(ccc4c5ccccc5n(-c5ccc6c(c5)N=CC6)c34)cc21. The van der Waals surface area contributed by atoms with Gasteiger partial charge >= 0.3 is 0 Å². The minimum Gasteiger partial charge on any atom is -0.309 e. The van der Waals surface area contributed by atoms with Gasteiger partial charge in [0.2, 0.25) is 0 Å². The summed E-state index contributed by atoms with van der Waals surface area (Å²) in [6, 6.07) is 33.9. The molecule has 0 saturated carbocycles. The van der Waals surface area contributed by atoms with Gasteiger partial charge in [0, 0.05) is 39.9 Å². The summed E-state index contributed by atoms with van der Waals surface area (Å²) < 4.78 is 2.44. The number of aliphatic imine (C=N–C) groups is 1. The average molecular weight is 449 g/mol. The minimum atomic E-state index is -0.000229. The lowest BCUT2D eigenvalue weighted by Crippen LogP contribution is -2.14. The largest absolute Gasteiger partial charge is 0.309 e. The maximum Gasteiger partial charge on any atom is 0.0682 e. The summed E-state index contributed by atoms with van der Waals surface area (Å²) >= 11 is 0. The van der Waals surface area contributed by atoms with Crippen molar-refractivity contribution in [2.45, 2.75) is 25.7 Å². The van der Waals surface area contributed by atoms with Crippen molar-refractivity contribution < 1.29 is 0 Å². The number of para-hydroxylation sites is 1. The molecule has 2 heteroatoms. The molecule has 0 amide bonds. The van der Waals surface area contributed by atoms with Crippen LogP contribution in [0, 0.1) is 0 Å². The zero-order valence-electron chi connectivity index (χ0n) is 19.8. The van der Waals surface area contributed by atoms with Crippen molar-refractivity contribution in [3.05, 3.63) is 108 Å². The quantitative estimate of drug-likeness (QED) is 0.240. The van der Waals surface area contributed by atoms with Crippen molar-refractivity contribution in [3.8, 4) is 16.8 Å². The molecule has 166 valence electrons. The standard InChI is InChI=1S/C33H24N2/c1-33(2)28-9-5-3-7-23(28)27-19-26-21(17-29(27)33)12-14-25-24-8-4-6-10-31(24)35(32(25)26)22-13-11-20-15-16-34-30(20)18-22/h3-14,16-19H,15H2,1-2H3. The maximum absolute atomic E-state index is 4.64. The van der Waals surface area contributed by atoms with Crippen molar-refractivity contribution >= 4 is 44.5 Å². The molecule has 1 aliphatic carbocycles. The van der Waals surface area contributed by atoms with Crippen LogP contribution < -0.4 is 0 Å². The fourth-order valence-corrected chi connectivity index (χ4v) is 6.47. The summed E-state index contributed by atoms with van der Waals surface area (Å²) in [7, 11) is 0. The Balaban J connectivity index is 1.54. The van der Waals surface area contributed by atoms with Crippen molar-refractivity contribution in [1.29, 1.82) is 0 Å². The number of hydrogen-bond donors (Lipinski definition) is 0.